The van der Waals surface area contributed by atoms with Crippen molar-refractivity contribution in [2.45, 2.75) is 12.5 Å². The van der Waals surface area contributed by atoms with Crippen LogP contribution in [0.2, 0.25) is 0 Å². The van der Waals surface area contributed by atoms with Gasteiger partial charge in [0.05, 0.1) is 12.6 Å². The summed E-state index contributed by atoms with van der Waals surface area (Å²) in [5.41, 5.74) is 8.97. The van der Waals surface area contributed by atoms with Gasteiger partial charge in [0.15, 0.2) is 0 Å². The average molecular weight is 193 g/mol. The molecule has 2 rings (SSSR count). The highest BCUT2D eigenvalue weighted by atomic mass is 19.1. The van der Waals surface area contributed by atoms with Crippen molar-refractivity contribution in [3.63, 3.8) is 0 Å². The third-order valence-corrected chi connectivity index (χ3v) is 2.17. The van der Waals surface area contributed by atoms with Gasteiger partial charge in [-0.2, -0.15) is 0 Å². The Labute approximate surface area is 79.9 Å². The lowest BCUT2D eigenvalue weighted by molar-refractivity contribution is 0.268. The van der Waals surface area contributed by atoms with Crippen LogP contribution in [0.1, 0.15) is 18.0 Å². The smallest absolute Gasteiger partial charge is 0.123 e. The summed E-state index contributed by atoms with van der Waals surface area (Å²) in [6.45, 7) is 0.502. The Balaban J connectivity index is 2.46. The third-order valence-electron chi connectivity index (χ3n) is 2.17. The van der Waals surface area contributed by atoms with E-state index in [1.54, 1.807) is 6.07 Å². The zero-order valence-electron chi connectivity index (χ0n) is 7.35. The first-order valence-corrected chi connectivity index (χ1v) is 4.27. The van der Waals surface area contributed by atoms with Crippen LogP contribution in [0.4, 0.5) is 4.39 Å². The van der Waals surface area contributed by atoms with Crippen molar-refractivity contribution in [3.8, 4) is 5.75 Å². The average Bonchev–Trinajstić information content (AvgIpc) is 2.19. The van der Waals surface area contributed by atoms with Crippen molar-refractivity contribution in [3.05, 3.63) is 40.0 Å². The van der Waals surface area contributed by atoms with Crippen LogP contribution in [0, 0.1) is 5.82 Å². The molecule has 0 spiro atoms. The molecule has 1 aromatic carbocycles. The van der Waals surface area contributed by atoms with Gasteiger partial charge in [-0.25, -0.2) is 4.39 Å². The standard InChI is InChI=1S/C9H8FN3O/c10-6-1-2-9-7(5-6)8(12-13-11)3-4-14-9/h1-2,5,8H,3-4H2/t8-/m1/s1. The summed E-state index contributed by atoms with van der Waals surface area (Å²) in [5.74, 6) is 0.266. The third kappa shape index (κ3) is 1.49. The second kappa shape index (κ2) is 3.55. The van der Waals surface area contributed by atoms with Gasteiger partial charge in [0.1, 0.15) is 11.6 Å². The van der Waals surface area contributed by atoms with Crippen LogP contribution in [0.3, 0.4) is 0 Å². The summed E-state index contributed by atoms with van der Waals surface area (Å²) in [6.07, 6.45) is 0.598. The van der Waals surface area contributed by atoms with E-state index in [0.717, 1.165) is 0 Å². The van der Waals surface area contributed by atoms with E-state index in [1.165, 1.54) is 12.1 Å². The van der Waals surface area contributed by atoms with Crippen LogP contribution in [-0.4, -0.2) is 6.61 Å². The Hall–Kier alpha value is -1.74. The minimum atomic E-state index is -0.340. The molecule has 0 unspecified atom stereocenters. The normalized spacial score (nSPS) is 19.1. The molecule has 1 atom stereocenters. The topological polar surface area (TPSA) is 58.0 Å². The van der Waals surface area contributed by atoms with Gasteiger partial charge in [-0.3, -0.25) is 0 Å². The van der Waals surface area contributed by atoms with Gasteiger partial charge in [0.25, 0.3) is 0 Å². The van der Waals surface area contributed by atoms with E-state index in [0.29, 0.717) is 24.3 Å². The maximum atomic E-state index is 12.9. The van der Waals surface area contributed by atoms with Crippen molar-refractivity contribution in [1.29, 1.82) is 0 Å². The number of benzene rings is 1. The second-order valence-corrected chi connectivity index (χ2v) is 3.04. The number of fused-ring (bicyclic) bond motifs is 1. The highest BCUT2D eigenvalue weighted by molar-refractivity contribution is 5.38. The largest absolute Gasteiger partial charge is 0.493 e. The molecule has 1 heterocycles. The summed E-state index contributed by atoms with van der Waals surface area (Å²) in [4.78, 5) is 2.73. The molecule has 1 aliphatic rings. The Morgan fingerprint density at radius 2 is 2.43 bits per heavy atom. The minimum absolute atomic E-state index is 0.306. The lowest BCUT2D eigenvalue weighted by Gasteiger charge is -2.22. The van der Waals surface area contributed by atoms with E-state index in [4.69, 9.17) is 10.3 Å². The molecule has 0 radical (unpaired) electrons. The zero-order valence-corrected chi connectivity index (χ0v) is 7.35. The van der Waals surface area contributed by atoms with Crippen molar-refractivity contribution in [2.75, 3.05) is 6.61 Å². The molecule has 5 heteroatoms. The van der Waals surface area contributed by atoms with Gasteiger partial charge < -0.3 is 4.74 Å². The molecule has 0 aliphatic carbocycles. The van der Waals surface area contributed by atoms with E-state index in [9.17, 15) is 4.39 Å². The number of halogens is 1. The molecule has 0 aromatic heterocycles. The molecule has 72 valence electrons. The van der Waals surface area contributed by atoms with Gasteiger partial charge in [0, 0.05) is 10.5 Å². The number of rotatable bonds is 1. The molecule has 0 bridgehead atoms. The fourth-order valence-electron chi connectivity index (χ4n) is 1.53. The van der Waals surface area contributed by atoms with Crippen LogP contribution in [0.5, 0.6) is 5.75 Å². The summed E-state index contributed by atoms with van der Waals surface area (Å²) in [7, 11) is 0. The van der Waals surface area contributed by atoms with Crippen LogP contribution >= 0.6 is 0 Å². The number of azide groups is 1. The van der Waals surface area contributed by atoms with E-state index in [1.807, 2.05) is 0 Å². The van der Waals surface area contributed by atoms with E-state index < -0.39 is 0 Å². The van der Waals surface area contributed by atoms with E-state index >= 15 is 0 Å². The monoisotopic (exact) mass is 193 g/mol. The summed E-state index contributed by atoms with van der Waals surface area (Å²) in [6, 6.07) is 3.94. The Kier molecular flexibility index (Phi) is 2.24. The van der Waals surface area contributed by atoms with E-state index in [2.05, 4.69) is 10.0 Å². The summed E-state index contributed by atoms with van der Waals surface area (Å²) in [5, 5.41) is 3.60. The molecule has 0 saturated carbocycles. The van der Waals surface area contributed by atoms with Gasteiger partial charge >= 0.3 is 0 Å². The number of hydrogen-bond acceptors (Lipinski definition) is 2. The number of hydrogen-bond donors (Lipinski definition) is 0. The molecule has 1 aliphatic heterocycles. The number of ether oxygens (including phenoxy) is 1. The molecular weight excluding hydrogens is 185 g/mol. The van der Waals surface area contributed by atoms with Crippen molar-refractivity contribution in [2.24, 2.45) is 5.11 Å². The van der Waals surface area contributed by atoms with E-state index in [-0.39, 0.29) is 11.9 Å². The predicted octanol–water partition coefficient (Wildman–Crippen LogP) is 2.96. The first-order valence-electron chi connectivity index (χ1n) is 4.27. The van der Waals surface area contributed by atoms with Crippen LogP contribution in [-0.2, 0) is 0 Å². The summed E-state index contributed by atoms with van der Waals surface area (Å²) >= 11 is 0. The van der Waals surface area contributed by atoms with Gasteiger partial charge in [0.2, 0.25) is 0 Å². The predicted molar refractivity (Wildman–Crippen MR) is 48.4 cm³/mol. The highest BCUT2D eigenvalue weighted by Gasteiger charge is 2.20. The second-order valence-electron chi connectivity index (χ2n) is 3.04. The Morgan fingerprint density at radius 1 is 1.57 bits per heavy atom. The molecule has 0 N–H and O–H groups in total. The highest BCUT2D eigenvalue weighted by Crippen LogP contribution is 2.34. The molecule has 0 saturated heterocycles. The van der Waals surface area contributed by atoms with Crippen molar-refractivity contribution < 1.29 is 9.13 Å². The van der Waals surface area contributed by atoms with Crippen LogP contribution < -0.4 is 4.74 Å². The molecule has 0 fully saturated rings. The lowest BCUT2D eigenvalue weighted by atomic mass is 10.0. The Morgan fingerprint density at radius 3 is 3.21 bits per heavy atom. The van der Waals surface area contributed by atoms with Crippen LogP contribution in [0.15, 0.2) is 23.3 Å². The first kappa shape index (κ1) is 8.84. The minimum Gasteiger partial charge on any atom is -0.493 e. The molecule has 1 aromatic rings. The lowest BCUT2D eigenvalue weighted by Crippen LogP contribution is -2.12. The van der Waals surface area contributed by atoms with Gasteiger partial charge in [-0.15, -0.1) is 0 Å². The van der Waals surface area contributed by atoms with Crippen molar-refractivity contribution in [1.82, 2.24) is 0 Å². The quantitative estimate of drug-likeness (QED) is 0.384. The molecule has 0 amide bonds. The molecular formula is C9H8FN3O. The Bertz CT molecular complexity index is 401. The number of nitrogens with zero attached hydrogens (tertiary/aromatic N) is 3. The maximum Gasteiger partial charge on any atom is 0.123 e. The summed E-state index contributed by atoms with van der Waals surface area (Å²) < 4.78 is 18.2. The first-order chi connectivity index (χ1) is 6.81. The van der Waals surface area contributed by atoms with Crippen molar-refractivity contribution >= 4 is 0 Å². The zero-order chi connectivity index (χ0) is 9.97. The molecule has 4 nitrogen and oxygen atoms in total. The fraction of sp³-hybridized carbons (Fsp3) is 0.333. The molecule has 14 heavy (non-hydrogen) atoms. The maximum absolute atomic E-state index is 12.9. The van der Waals surface area contributed by atoms with Crippen LogP contribution in [0.25, 0.3) is 10.4 Å². The van der Waals surface area contributed by atoms with Gasteiger partial charge in [-0.1, -0.05) is 5.11 Å². The fourth-order valence-corrected chi connectivity index (χ4v) is 1.53. The van der Waals surface area contributed by atoms with Gasteiger partial charge in [-0.05, 0) is 30.2 Å². The SMILES string of the molecule is [N-]=[N+]=N[C@@H]1CCOc2ccc(F)cc21.